The van der Waals surface area contributed by atoms with Crippen molar-refractivity contribution in [1.82, 2.24) is 10.3 Å². The number of aryl methyl sites for hydroxylation is 1. The Balaban J connectivity index is 1.58. The minimum Gasteiger partial charge on any atom is -0.497 e. The van der Waals surface area contributed by atoms with Crippen LogP contribution in [0.5, 0.6) is 11.5 Å². The summed E-state index contributed by atoms with van der Waals surface area (Å²) in [7, 11) is 3.20. The molecule has 0 aliphatic carbocycles. The van der Waals surface area contributed by atoms with Crippen LogP contribution in [0.15, 0.2) is 67.0 Å². The second-order valence-corrected chi connectivity index (χ2v) is 6.50. The van der Waals surface area contributed by atoms with Crippen LogP contribution in [0.4, 0.5) is 11.4 Å². The van der Waals surface area contributed by atoms with Crippen LogP contribution in [0.1, 0.15) is 22.3 Å². The van der Waals surface area contributed by atoms with E-state index in [1.54, 1.807) is 38.7 Å². The molecule has 6 heteroatoms. The van der Waals surface area contributed by atoms with Gasteiger partial charge in [-0.2, -0.15) is 0 Å². The van der Waals surface area contributed by atoms with E-state index in [4.69, 9.17) is 9.47 Å². The second-order valence-electron chi connectivity index (χ2n) is 6.50. The van der Waals surface area contributed by atoms with E-state index < -0.39 is 0 Å². The first kappa shape index (κ1) is 20.2. The number of rotatable bonds is 9. The SMILES string of the molecule is COc1ccc(Nc2cncc(C(=O)NCCCc3ccccc3)c2)c(OC)c1. The van der Waals surface area contributed by atoms with Gasteiger partial charge >= 0.3 is 0 Å². The number of nitrogens with zero attached hydrogens (tertiary/aromatic N) is 1. The van der Waals surface area contributed by atoms with Crippen LogP contribution in [0.25, 0.3) is 0 Å². The highest BCUT2D eigenvalue weighted by atomic mass is 16.5. The Morgan fingerprint density at radius 2 is 1.83 bits per heavy atom. The summed E-state index contributed by atoms with van der Waals surface area (Å²) in [6.07, 6.45) is 5.03. The van der Waals surface area contributed by atoms with Gasteiger partial charge in [0.1, 0.15) is 11.5 Å². The fourth-order valence-corrected chi connectivity index (χ4v) is 2.93. The van der Waals surface area contributed by atoms with Gasteiger partial charge in [-0.15, -0.1) is 0 Å². The molecule has 1 aromatic heterocycles. The highest BCUT2D eigenvalue weighted by Gasteiger charge is 2.09. The number of pyridine rings is 1. The van der Waals surface area contributed by atoms with Gasteiger partial charge in [0, 0.05) is 18.8 Å². The molecule has 1 amide bonds. The quantitative estimate of drug-likeness (QED) is 0.535. The standard InChI is InChI=1S/C23H25N3O3/c1-28-20-10-11-21(22(14-20)29-2)26-19-13-18(15-24-16-19)23(27)25-12-6-9-17-7-4-3-5-8-17/h3-5,7-8,10-11,13-16,26H,6,9,12H2,1-2H3,(H,25,27). The molecule has 0 aliphatic rings. The van der Waals surface area contributed by atoms with Crippen molar-refractivity contribution in [1.29, 1.82) is 0 Å². The van der Waals surface area contributed by atoms with E-state index in [-0.39, 0.29) is 5.91 Å². The van der Waals surface area contributed by atoms with E-state index in [0.717, 1.165) is 18.5 Å². The second kappa shape index (κ2) is 10.1. The Bertz CT molecular complexity index is 945. The summed E-state index contributed by atoms with van der Waals surface area (Å²) < 4.78 is 10.6. The lowest BCUT2D eigenvalue weighted by molar-refractivity contribution is 0.0953. The number of aromatic nitrogens is 1. The van der Waals surface area contributed by atoms with Crippen molar-refractivity contribution >= 4 is 17.3 Å². The van der Waals surface area contributed by atoms with Gasteiger partial charge in [0.25, 0.3) is 5.91 Å². The number of carbonyl (C=O) groups excluding carboxylic acids is 1. The van der Waals surface area contributed by atoms with Crippen molar-refractivity contribution in [2.24, 2.45) is 0 Å². The number of hydrogen-bond acceptors (Lipinski definition) is 5. The Labute approximate surface area is 170 Å². The molecule has 2 N–H and O–H groups in total. The molecule has 3 aromatic rings. The number of ether oxygens (including phenoxy) is 2. The van der Waals surface area contributed by atoms with Crippen LogP contribution < -0.4 is 20.1 Å². The van der Waals surface area contributed by atoms with Crippen LogP contribution >= 0.6 is 0 Å². The van der Waals surface area contributed by atoms with Crippen molar-refractivity contribution in [3.8, 4) is 11.5 Å². The highest BCUT2D eigenvalue weighted by molar-refractivity contribution is 5.94. The van der Waals surface area contributed by atoms with Gasteiger partial charge in [0.05, 0.1) is 37.4 Å². The Hall–Kier alpha value is -3.54. The number of methoxy groups -OCH3 is 2. The van der Waals surface area contributed by atoms with Crippen LogP contribution in [0, 0.1) is 0 Å². The maximum Gasteiger partial charge on any atom is 0.252 e. The molecule has 3 rings (SSSR count). The lowest BCUT2D eigenvalue weighted by atomic mass is 10.1. The summed E-state index contributed by atoms with van der Waals surface area (Å²) >= 11 is 0. The average molecular weight is 391 g/mol. The zero-order valence-electron chi connectivity index (χ0n) is 16.6. The molecule has 0 saturated heterocycles. The monoisotopic (exact) mass is 391 g/mol. The predicted molar refractivity (Wildman–Crippen MR) is 114 cm³/mol. The molecule has 0 fully saturated rings. The largest absolute Gasteiger partial charge is 0.497 e. The first-order chi connectivity index (χ1) is 14.2. The normalized spacial score (nSPS) is 10.3. The Morgan fingerprint density at radius 1 is 1.00 bits per heavy atom. The number of hydrogen-bond donors (Lipinski definition) is 2. The van der Waals surface area contributed by atoms with Gasteiger partial charge in [-0.25, -0.2) is 0 Å². The minimum atomic E-state index is -0.143. The average Bonchev–Trinajstić information content (AvgIpc) is 2.77. The topological polar surface area (TPSA) is 72.5 Å². The third-order valence-corrected chi connectivity index (χ3v) is 4.46. The number of nitrogens with one attached hydrogen (secondary N) is 2. The van der Waals surface area contributed by atoms with Crippen molar-refractivity contribution in [3.05, 3.63) is 78.1 Å². The summed E-state index contributed by atoms with van der Waals surface area (Å²) in [4.78, 5) is 16.6. The fraction of sp³-hybridized carbons (Fsp3) is 0.217. The maximum absolute atomic E-state index is 12.4. The molecule has 150 valence electrons. The van der Waals surface area contributed by atoms with Crippen LogP contribution in [-0.4, -0.2) is 31.7 Å². The summed E-state index contributed by atoms with van der Waals surface area (Å²) in [5.74, 6) is 1.20. The smallest absolute Gasteiger partial charge is 0.252 e. The predicted octanol–water partition coefficient (Wildman–Crippen LogP) is 4.21. The number of anilines is 2. The first-order valence-corrected chi connectivity index (χ1v) is 9.46. The fourth-order valence-electron chi connectivity index (χ4n) is 2.93. The van der Waals surface area contributed by atoms with E-state index in [1.165, 1.54) is 5.56 Å². The molecule has 29 heavy (non-hydrogen) atoms. The van der Waals surface area contributed by atoms with Gasteiger partial charge in [0.2, 0.25) is 0 Å². The van der Waals surface area contributed by atoms with Gasteiger partial charge in [-0.05, 0) is 36.6 Å². The lowest BCUT2D eigenvalue weighted by Gasteiger charge is -2.13. The molecular weight excluding hydrogens is 366 g/mol. The molecule has 0 spiro atoms. The van der Waals surface area contributed by atoms with Crippen LogP contribution in [0.2, 0.25) is 0 Å². The molecule has 0 aliphatic heterocycles. The zero-order valence-corrected chi connectivity index (χ0v) is 16.6. The molecule has 0 atom stereocenters. The molecule has 0 saturated carbocycles. The summed E-state index contributed by atoms with van der Waals surface area (Å²) in [6.45, 7) is 0.609. The summed E-state index contributed by atoms with van der Waals surface area (Å²) in [6, 6.07) is 17.5. The van der Waals surface area contributed by atoms with E-state index >= 15 is 0 Å². The van der Waals surface area contributed by atoms with Gasteiger partial charge < -0.3 is 20.1 Å². The third kappa shape index (κ3) is 5.72. The molecule has 0 unspecified atom stereocenters. The Morgan fingerprint density at radius 3 is 2.59 bits per heavy atom. The number of benzene rings is 2. The van der Waals surface area contributed by atoms with Crippen molar-refractivity contribution < 1.29 is 14.3 Å². The Kier molecular flexibility index (Phi) is 7.05. The summed E-state index contributed by atoms with van der Waals surface area (Å²) in [5, 5.41) is 6.19. The van der Waals surface area contributed by atoms with Crippen molar-refractivity contribution in [3.63, 3.8) is 0 Å². The van der Waals surface area contributed by atoms with Crippen molar-refractivity contribution in [2.45, 2.75) is 12.8 Å². The van der Waals surface area contributed by atoms with Gasteiger partial charge in [-0.1, -0.05) is 30.3 Å². The zero-order chi connectivity index (χ0) is 20.5. The molecule has 0 bridgehead atoms. The van der Waals surface area contributed by atoms with Gasteiger partial charge in [0.15, 0.2) is 0 Å². The van der Waals surface area contributed by atoms with Crippen LogP contribution in [0.3, 0.4) is 0 Å². The van der Waals surface area contributed by atoms with Crippen molar-refractivity contribution in [2.75, 3.05) is 26.1 Å². The molecule has 6 nitrogen and oxygen atoms in total. The summed E-state index contributed by atoms with van der Waals surface area (Å²) in [5.41, 5.74) is 3.23. The van der Waals surface area contributed by atoms with Crippen LogP contribution in [-0.2, 0) is 6.42 Å². The number of carbonyl (C=O) groups is 1. The maximum atomic E-state index is 12.4. The van der Waals surface area contributed by atoms with E-state index in [0.29, 0.717) is 29.3 Å². The number of amides is 1. The minimum absolute atomic E-state index is 0.143. The molecule has 0 radical (unpaired) electrons. The molecule has 1 heterocycles. The van der Waals surface area contributed by atoms with Gasteiger partial charge in [-0.3, -0.25) is 9.78 Å². The van der Waals surface area contributed by atoms with E-state index in [1.807, 2.05) is 30.3 Å². The first-order valence-electron chi connectivity index (χ1n) is 9.46. The van der Waals surface area contributed by atoms with E-state index in [2.05, 4.69) is 27.8 Å². The molecular formula is C23H25N3O3. The molecule has 2 aromatic carbocycles. The third-order valence-electron chi connectivity index (χ3n) is 4.46. The lowest BCUT2D eigenvalue weighted by Crippen LogP contribution is -2.25. The van der Waals surface area contributed by atoms with E-state index in [9.17, 15) is 4.79 Å². The highest BCUT2D eigenvalue weighted by Crippen LogP contribution is 2.31.